The van der Waals surface area contributed by atoms with E-state index in [4.69, 9.17) is 4.98 Å². The predicted molar refractivity (Wildman–Crippen MR) is 91.8 cm³/mol. The van der Waals surface area contributed by atoms with Gasteiger partial charge in [-0.1, -0.05) is 0 Å². The quantitative estimate of drug-likeness (QED) is 0.800. The molecule has 4 rings (SSSR count). The zero-order chi connectivity index (χ0) is 16.0. The molecule has 23 heavy (non-hydrogen) atoms. The summed E-state index contributed by atoms with van der Waals surface area (Å²) in [5, 5.41) is 9.89. The van der Waals surface area contributed by atoms with Crippen LogP contribution in [0, 0.1) is 6.92 Å². The van der Waals surface area contributed by atoms with Crippen LogP contribution in [0.5, 0.6) is 0 Å². The third kappa shape index (κ3) is 2.59. The fourth-order valence-electron chi connectivity index (χ4n) is 3.07. The number of hydrogen-bond acceptors (Lipinski definition) is 6. The lowest BCUT2D eigenvalue weighted by Crippen LogP contribution is -2.09. The topological polar surface area (TPSA) is 68.5 Å². The van der Waals surface area contributed by atoms with Gasteiger partial charge in [-0.25, -0.2) is 15.0 Å². The molecule has 0 aromatic carbocycles. The molecule has 7 heteroatoms. The van der Waals surface area contributed by atoms with Crippen LogP contribution in [0.1, 0.15) is 47.2 Å². The van der Waals surface area contributed by atoms with E-state index in [-0.39, 0.29) is 6.04 Å². The average Bonchev–Trinajstić information content (AvgIpc) is 3.12. The maximum absolute atomic E-state index is 4.85. The van der Waals surface area contributed by atoms with Crippen molar-refractivity contribution in [3.8, 4) is 0 Å². The maximum atomic E-state index is 4.85. The number of nitrogens with one attached hydrogen (secondary N) is 1. The Morgan fingerprint density at radius 2 is 2.04 bits per heavy atom. The second-order valence-electron chi connectivity index (χ2n) is 6.12. The molecule has 1 aliphatic carbocycles. The molecule has 0 fully saturated rings. The Balaban J connectivity index is 1.66. The number of rotatable bonds is 3. The van der Waals surface area contributed by atoms with Gasteiger partial charge >= 0.3 is 0 Å². The zero-order valence-electron chi connectivity index (χ0n) is 13.6. The fraction of sp³-hybridized carbons (Fsp3) is 0.500. The first kappa shape index (κ1) is 14.6. The third-order valence-electron chi connectivity index (χ3n) is 4.29. The molecule has 0 radical (unpaired) electrons. The van der Waals surface area contributed by atoms with E-state index in [9.17, 15) is 0 Å². The van der Waals surface area contributed by atoms with Crippen LogP contribution in [-0.4, -0.2) is 24.7 Å². The summed E-state index contributed by atoms with van der Waals surface area (Å²) >= 11 is 1.84. The summed E-state index contributed by atoms with van der Waals surface area (Å²) in [6.07, 6.45) is 6.67. The molecule has 1 aliphatic rings. The highest BCUT2D eigenvalue weighted by Gasteiger charge is 2.20. The van der Waals surface area contributed by atoms with Crippen LogP contribution in [0.4, 0.5) is 5.82 Å². The van der Waals surface area contributed by atoms with Crippen molar-refractivity contribution in [2.75, 3.05) is 5.32 Å². The normalized spacial score (nSPS) is 15.6. The standard InChI is InChI=1S/C16H20N6S/c1-9(16-21-12-6-4-5-7-13(12)23-16)18-14-11-8-17-22(3)15(11)20-10(2)19-14/h8-9H,4-7H2,1-3H3,(H,18,19,20)/t9-/m0/s1. The van der Waals surface area contributed by atoms with Gasteiger partial charge in [-0.3, -0.25) is 4.68 Å². The summed E-state index contributed by atoms with van der Waals surface area (Å²) in [7, 11) is 1.90. The molecule has 0 amide bonds. The molecule has 120 valence electrons. The molecule has 0 aliphatic heterocycles. The van der Waals surface area contributed by atoms with Gasteiger partial charge < -0.3 is 5.32 Å². The van der Waals surface area contributed by atoms with Gasteiger partial charge in [0.25, 0.3) is 0 Å². The molecule has 0 unspecified atom stereocenters. The summed E-state index contributed by atoms with van der Waals surface area (Å²) in [6.45, 7) is 4.05. The van der Waals surface area contributed by atoms with Gasteiger partial charge in [0.1, 0.15) is 16.6 Å². The van der Waals surface area contributed by atoms with Crippen LogP contribution in [0.2, 0.25) is 0 Å². The maximum Gasteiger partial charge on any atom is 0.163 e. The Morgan fingerprint density at radius 3 is 2.87 bits per heavy atom. The molecule has 3 heterocycles. The van der Waals surface area contributed by atoms with Gasteiger partial charge in [0.05, 0.1) is 23.3 Å². The monoisotopic (exact) mass is 328 g/mol. The van der Waals surface area contributed by atoms with E-state index in [1.807, 2.05) is 31.5 Å². The Bertz CT molecular complexity index is 841. The second kappa shape index (κ2) is 5.56. The predicted octanol–water partition coefficient (Wildman–Crippen LogP) is 3.18. The summed E-state index contributed by atoms with van der Waals surface area (Å²) in [4.78, 5) is 15.3. The van der Waals surface area contributed by atoms with Crippen molar-refractivity contribution in [2.24, 2.45) is 7.05 Å². The van der Waals surface area contributed by atoms with Gasteiger partial charge in [0.2, 0.25) is 0 Å². The van der Waals surface area contributed by atoms with Crippen molar-refractivity contribution in [2.45, 2.75) is 45.6 Å². The highest BCUT2D eigenvalue weighted by atomic mass is 32.1. The first-order valence-corrected chi connectivity index (χ1v) is 8.85. The van der Waals surface area contributed by atoms with E-state index in [1.54, 1.807) is 4.68 Å². The Labute approximate surface area is 139 Å². The van der Waals surface area contributed by atoms with Crippen LogP contribution in [0.15, 0.2) is 6.20 Å². The van der Waals surface area contributed by atoms with Crippen molar-refractivity contribution < 1.29 is 0 Å². The second-order valence-corrected chi connectivity index (χ2v) is 7.24. The number of thiazole rings is 1. The molecule has 0 saturated heterocycles. The van der Waals surface area contributed by atoms with Crippen LogP contribution >= 0.6 is 11.3 Å². The van der Waals surface area contributed by atoms with E-state index >= 15 is 0 Å². The summed E-state index contributed by atoms with van der Waals surface area (Å²) < 4.78 is 1.78. The van der Waals surface area contributed by atoms with Crippen LogP contribution in [-0.2, 0) is 19.9 Å². The van der Waals surface area contributed by atoms with E-state index in [0.29, 0.717) is 0 Å². The largest absolute Gasteiger partial charge is 0.360 e. The van der Waals surface area contributed by atoms with E-state index < -0.39 is 0 Å². The van der Waals surface area contributed by atoms with Crippen LogP contribution < -0.4 is 5.32 Å². The molecular formula is C16H20N6S. The third-order valence-corrected chi connectivity index (χ3v) is 5.63. The van der Waals surface area contributed by atoms with Gasteiger partial charge in [-0.2, -0.15) is 5.10 Å². The Kier molecular flexibility index (Phi) is 3.52. The highest BCUT2D eigenvalue weighted by molar-refractivity contribution is 7.11. The van der Waals surface area contributed by atoms with E-state index in [1.165, 1.54) is 29.8 Å². The van der Waals surface area contributed by atoms with Gasteiger partial charge in [-0.05, 0) is 39.5 Å². The summed E-state index contributed by atoms with van der Waals surface area (Å²) in [6, 6.07) is 0.128. The Hall–Kier alpha value is -2.02. The summed E-state index contributed by atoms with van der Waals surface area (Å²) in [5.41, 5.74) is 2.15. The molecule has 1 atom stereocenters. The highest BCUT2D eigenvalue weighted by Crippen LogP contribution is 2.32. The Morgan fingerprint density at radius 1 is 1.22 bits per heavy atom. The first-order valence-electron chi connectivity index (χ1n) is 8.03. The molecule has 3 aromatic rings. The minimum atomic E-state index is 0.128. The first-order chi connectivity index (χ1) is 11.1. The molecular weight excluding hydrogens is 308 g/mol. The zero-order valence-corrected chi connectivity index (χ0v) is 14.4. The van der Waals surface area contributed by atoms with Crippen LogP contribution in [0.3, 0.4) is 0 Å². The molecule has 6 nitrogen and oxygen atoms in total. The number of aromatic nitrogens is 5. The number of anilines is 1. The van der Waals surface area contributed by atoms with E-state index in [0.717, 1.165) is 34.1 Å². The van der Waals surface area contributed by atoms with Gasteiger partial charge in [0, 0.05) is 11.9 Å². The molecule has 3 aromatic heterocycles. The number of nitrogens with zero attached hydrogens (tertiary/aromatic N) is 5. The SMILES string of the molecule is Cc1nc(N[C@@H](C)c2nc3c(s2)CCCC3)c2cnn(C)c2n1. The summed E-state index contributed by atoms with van der Waals surface area (Å²) in [5.74, 6) is 1.58. The van der Waals surface area contributed by atoms with Gasteiger partial charge in [0.15, 0.2) is 5.65 Å². The van der Waals surface area contributed by atoms with Crippen LogP contribution in [0.25, 0.3) is 11.0 Å². The fourth-order valence-corrected chi connectivity index (χ4v) is 4.22. The molecule has 0 saturated carbocycles. The molecule has 1 N–H and O–H groups in total. The smallest absolute Gasteiger partial charge is 0.163 e. The lowest BCUT2D eigenvalue weighted by atomic mass is 10.0. The minimum absolute atomic E-state index is 0.128. The average molecular weight is 328 g/mol. The lowest BCUT2D eigenvalue weighted by Gasteiger charge is -2.13. The number of aryl methyl sites for hydroxylation is 4. The molecule has 0 spiro atoms. The van der Waals surface area contributed by atoms with Crippen molar-refractivity contribution in [1.82, 2.24) is 24.7 Å². The van der Waals surface area contributed by atoms with Crippen molar-refractivity contribution in [3.05, 3.63) is 27.6 Å². The van der Waals surface area contributed by atoms with Crippen molar-refractivity contribution in [1.29, 1.82) is 0 Å². The number of hydrogen-bond donors (Lipinski definition) is 1. The van der Waals surface area contributed by atoms with Crippen molar-refractivity contribution >= 4 is 28.2 Å². The number of fused-ring (bicyclic) bond motifs is 2. The minimum Gasteiger partial charge on any atom is -0.360 e. The van der Waals surface area contributed by atoms with E-state index in [2.05, 4.69) is 27.3 Å². The van der Waals surface area contributed by atoms with Gasteiger partial charge in [-0.15, -0.1) is 11.3 Å². The molecule has 0 bridgehead atoms. The van der Waals surface area contributed by atoms with Crippen molar-refractivity contribution in [3.63, 3.8) is 0 Å². The lowest BCUT2D eigenvalue weighted by molar-refractivity contribution is 0.678.